The number of imidazole rings is 1. The molecule has 2 aromatic heterocycles. The highest BCUT2D eigenvalue weighted by Crippen LogP contribution is 2.43. The lowest BCUT2D eigenvalue weighted by atomic mass is 9.71. The second-order valence-corrected chi connectivity index (χ2v) is 11.9. The maximum absolute atomic E-state index is 13.0. The first-order chi connectivity index (χ1) is 22.7. The lowest BCUT2D eigenvalue weighted by Gasteiger charge is -2.49. The van der Waals surface area contributed by atoms with Gasteiger partial charge in [0.05, 0.1) is 27.5 Å². The van der Waals surface area contributed by atoms with Crippen LogP contribution in [0.25, 0.3) is 5.70 Å². The minimum atomic E-state index is -4.51. The van der Waals surface area contributed by atoms with Gasteiger partial charge in [0.15, 0.2) is 17.3 Å². The molecule has 0 spiro atoms. The molecule has 1 saturated carbocycles. The van der Waals surface area contributed by atoms with E-state index in [0.717, 1.165) is 61.1 Å². The fraction of sp³-hybridized carbons (Fsp3) is 0.429. The Labute approximate surface area is 285 Å². The summed E-state index contributed by atoms with van der Waals surface area (Å²) in [4.78, 5) is 28.3. The van der Waals surface area contributed by atoms with Crippen LogP contribution in [0.5, 0.6) is 5.75 Å². The molecular weight excluding hydrogens is 639 g/mol. The maximum Gasteiger partial charge on any atom is 0.419 e. The number of nitrogens with one attached hydrogen (secondary N) is 1. The number of anilines is 1. The highest BCUT2D eigenvalue weighted by Gasteiger charge is 2.49. The zero-order valence-corrected chi connectivity index (χ0v) is 29.2. The third-order valence-electron chi connectivity index (χ3n) is 8.03. The lowest BCUT2D eigenvalue weighted by molar-refractivity contribution is -0.138. The summed E-state index contributed by atoms with van der Waals surface area (Å²) in [6, 6.07) is 7.60. The van der Waals surface area contributed by atoms with Gasteiger partial charge < -0.3 is 10.0 Å². The molecule has 5 rings (SSSR count). The standard InChI is InChI=1S/C25H31N5O2S.C8H5F3N2.C2H6/c1-6-9-22-26-15(3)23-16(4)27-24(28-30(22)23)19-14-18(10-11-20(19)31)29(17(5)33)25(12-8-13-25)21(32)7-2;1-5-2-6(8(9,10)11)7(3-12)13-4-5;1-2/h10-11,14,31H,4,6-9,12-13H2,1-3,5H3,(H,27,28);2,4H,1H3;1-2H3. The van der Waals surface area contributed by atoms with Crippen molar-refractivity contribution in [1.29, 1.82) is 5.26 Å². The average molecular weight is 682 g/mol. The predicted octanol–water partition coefficient (Wildman–Crippen LogP) is 8.19. The number of nitriles is 1. The van der Waals surface area contributed by atoms with E-state index >= 15 is 0 Å². The summed E-state index contributed by atoms with van der Waals surface area (Å²) < 4.78 is 38.6. The zero-order valence-electron chi connectivity index (χ0n) is 28.4. The summed E-state index contributed by atoms with van der Waals surface area (Å²) in [5, 5.41) is 19.1. The number of ketones is 1. The van der Waals surface area contributed by atoms with Crippen LogP contribution in [0.1, 0.15) is 106 Å². The SMILES string of the molecule is C=C1N=C(c2cc(N(C(C)=S)C3(C(=O)CC)CCC3)ccc2O)Nn2c(CCC)nc(C)c21.CC.Cc1cnc(C#N)c(C(F)(F)F)c1. The number of aromatic nitrogens is 3. The second kappa shape index (κ2) is 15.6. The van der Waals surface area contributed by atoms with E-state index in [0.29, 0.717) is 34.1 Å². The number of aliphatic imine (C=N–C) groups is 1. The molecule has 3 heterocycles. The third-order valence-corrected chi connectivity index (χ3v) is 8.21. The molecule has 0 unspecified atom stereocenters. The van der Waals surface area contributed by atoms with Crippen LogP contribution in [0.15, 0.2) is 42.0 Å². The first kappa shape index (κ1) is 37.9. The number of hydrogen-bond acceptors (Lipinski definition) is 8. The fourth-order valence-corrected chi connectivity index (χ4v) is 6.08. The van der Waals surface area contributed by atoms with Gasteiger partial charge in [0.2, 0.25) is 0 Å². The summed E-state index contributed by atoms with van der Waals surface area (Å²) in [5.41, 5.74) is 5.12. The van der Waals surface area contributed by atoms with Crippen molar-refractivity contribution in [1.82, 2.24) is 14.6 Å². The number of phenols is 1. The number of hydrogen-bond donors (Lipinski definition) is 2. The van der Waals surface area contributed by atoms with E-state index in [1.165, 1.54) is 19.2 Å². The molecule has 13 heteroatoms. The van der Waals surface area contributed by atoms with Gasteiger partial charge in [-0.3, -0.25) is 10.2 Å². The van der Waals surface area contributed by atoms with Crippen LogP contribution in [-0.2, 0) is 17.4 Å². The predicted molar refractivity (Wildman–Crippen MR) is 187 cm³/mol. The molecule has 48 heavy (non-hydrogen) atoms. The Hall–Kier alpha value is -4.57. The minimum Gasteiger partial charge on any atom is -0.507 e. The Bertz CT molecular complexity index is 1770. The number of benzene rings is 1. The van der Waals surface area contributed by atoms with Crippen LogP contribution in [0.4, 0.5) is 18.9 Å². The zero-order chi connectivity index (χ0) is 36.0. The van der Waals surface area contributed by atoms with Gasteiger partial charge in [-0.1, -0.05) is 46.5 Å². The molecule has 0 amide bonds. The number of aryl methyl sites for hydroxylation is 3. The first-order valence-electron chi connectivity index (χ1n) is 15.9. The van der Waals surface area contributed by atoms with E-state index in [2.05, 4.69) is 33.9 Å². The van der Waals surface area contributed by atoms with Crippen molar-refractivity contribution in [2.45, 2.75) is 98.7 Å². The Balaban J connectivity index is 0.000000349. The maximum atomic E-state index is 13.0. The molecule has 0 radical (unpaired) electrons. The molecule has 0 bridgehead atoms. The molecule has 2 N–H and O–H groups in total. The van der Waals surface area contributed by atoms with E-state index in [1.807, 2.05) is 56.3 Å². The normalized spacial score (nSPS) is 14.4. The van der Waals surface area contributed by atoms with Crippen molar-refractivity contribution in [2.24, 2.45) is 4.99 Å². The molecule has 256 valence electrons. The molecule has 0 saturated heterocycles. The van der Waals surface area contributed by atoms with Crippen molar-refractivity contribution < 1.29 is 23.1 Å². The largest absolute Gasteiger partial charge is 0.507 e. The number of alkyl halides is 3. The first-order valence-corrected chi connectivity index (χ1v) is 16.3. The number of pyridine rings is 1. The smallest absolute Gasteiger partial charge is 0.419 e. The molecule has 0 atom stereocenters. The number of carbonyl (C=O) groups excluding carboxylic acids is 1. The fourth-order valence-electron chi connectivity index (χ4n) is 5.80. The minimum absolute atomic E-state index is 0.0848. The molecule has 3 aromatic rings. The average Bonchev–Trinajstić information content (AvgIpc) is 3.34. The third kappa shape index (κ3) is 7.59. The van der Waals surface area contributed by atoms with Gasteiger partial charge in [0.1, 0.15) is 28.9 Å². The summed E-state index contributed by atoms with van der Waals surface area (Å²) in [5.74, 6) is 1.65. The van der Waals surface area contributed by atoms with Crippen LogP contribution in [-0.4, -0.2) is 41.9 Å². The Kier molecular flexibility index (Phi) is 12.3. The Morgan fingerprint density at radius 3 is 2.42 bits per heavy atom. The van der Waals surface area contributed by atoms with Crippen molar-refractivity contribution in [2.75, 3.05) is 10.3 Å². The van der Waals surface area contributed by atoms with Crippen LogP contribution in [0, 0.1) is 25.2 Å². The number of carbonyl (C=O) groups is 1. The van der Waals surface area contributed by atoms with Crippen molar-refractivity contribution in [3.8, 4) is 11.8 Å². The topological polar surface area (TPSA) is 119 Å². The number of amidine groups is 1. The molecule has 9 nitrogen and oxygen atoms in total. The molecular formula is C35H42F3N7O2S. The molecule has 1 fully saturated rings. The van der Waals surface area contributed by atoms with Crippen molar-refractivity contribution >= 4 is 40.2 Å². The highest BCUT2D eigenvalue weighted by atomic mass is 32.1. The van der Waals surface area contributed by atoms with Gasteiger partial charge in [-0.25, -0.2) is 19.6 Å². The van der Waals surface area contributed by atoms with Crippen molar-refractivity contribution in [3.63, 3.8) is 0 Å². The van der Waals surface area contributed by atoms with Crippen LogP contribution < -0.4 is 10.3 Å². The van der Waals surface area contributed by atoms with Crippen molar-refractivity contribution in [3.05, 3.63) is 76.6 Å². The van der Waals surface area contributed by atoms with Crippen LogP contribution >= 0.6 is 12.2 Å². The number of Topliss-reactive ketones (excluding diaryl/α,β-unsaturated/α-hetero) is 1. The van der Waals surface area contributed by atoms with Crippen LogP contribution in [0.3, 0.4) is 0 Å². The number of nitrogens with zero attached hydrogens (tertiary/aromatic N) is 6. The van der Waals surface area contributed by atoms with Gasteiger partial charge in [0.25, 0.3) is 0 Å². The van der Waals surface area contributed by atoms with E-state index < -0.39 is 23.0 Å². The summed E-state index contributed by atoms with van der Waals surface area (Å²) >= 11 is 5.61. The number of thiocarbonyl (C=S) groups is 1. The number of phenolic OH excluding ortho intramolecular Hbond substituents is 1. The Morgan fingerprint density at radius 2 is 1.90 bits per heavy atom. The number of rotatable bonds is 7. The van der Waals surface area contributed by atoms with E-state index in [1.54, 1.807) is 6.07 Å². The molecule has 2 aliphatic rings. The number of halogens is 3. The molecule has 1 aliphatic carbocycles. The van der Waals surface area contributed by atoms with Crippen LogP contribution in [0.2, 0.25) is 0 Å². The van der Waals surface area contributed by atoms with Gasteiger partial charge in [-0.15, -0.1) is 0 Å². The summed E-state index contributed by atoms with van der Waals surface area (Å²) in [7, 11) is 0. The van der Waals surface area contributed by atoms with Gasteiger partial charge in [0, 0.05) is 24.7 Å². The van der Waals surface area contributed by atoms with E-state index in [4.69, 9.17) is 17.5 Å². The monoisotopic (exact) mass is 681 g/mol. The highest BCUT2D eigenvalue weighted by molar-refractivity contribution is 7.80. The summed E-state index contributed by atoms with van der Waals surface area (Å²) in [6.07, 6.45) is 1.48. The lowest BCUT2D eigenvalue weighted by Crippen LogP contribution is -2.60. The number of aromatic hydroxyl groups is 1. The van der Waals surface area contributed by atoms with Gasteiger partial charge in [-0.05, 0) is 76.3 Å². The van der Waals surface area contributed by atoms with Gasteiger partial charge >= 0.3 is 6.18 Å². The van der Waals surface area contributed by atoms with E-state index in [9.17, 15) is 23.1 Å². The second-order valence-electron chi connectivity index (χ2n) is 11.3. The number of fused-ring (bicyclic) bond motifs is 1. The quantitative estimate of drug-likeness (QED) is 0.240. The molecule has 1 aromatic carbocycles. The van der Waals surface area contributed by atoms with E-state index in [-0.39, 0.29) is 11.5 Å². The van der Waals surface area contributed by atoms with Gasteiger partial charge in [-0.2, -0.15) is 18.4 Å². The summed E-state index contributed by atoms with van der Waals surface area (Å²) in [6.45, 7) is 17.4. The molecule has 1 aliphatic heterocycles. The Morgan fingerprint density at radius 1 is 1.23 bits per heavy atom.